The number of nitrogens with zero attached hydrogens (tertiary/aromatic N) is 4. The van der Waals surface area contributed by atoms with Crippen LogP contribution in [-0.2, 0) is 30.7 Å². The fraction of sp³-hybridized carbons (Fsp3) is 0.450. The number of halogens is 2. The Morgan fingerprint density at radius 1 is 1.43 bits per heavy atom. The van der Waals surface area contributed by atoms with Gasteiger partial charge in [0.1, 0.15) is 18.2 Å². The molecule has 1 aromatic carbocycles. The molecule has 0 aliphatic carbocycles. The van der Waals surface area contributed by atoms with Crippen LogP contribution in [-0.4, -0.2) is 52.5 Å². The number of guanidine groups is 1. The maximum atomic E-state index is 13.3. The zero-order valence-electron chi connectivity index (χ0n) is 17.1. The molecule has 4 rings (SSSR count). The second kappa shape index (κ2) is 10.2. The number of hydrogen-bond donors (Lipinski definition) is 3. The van der Waals surface area contributed by atoms with Gasteiger partial charge in [-0.1, -0.05) is 0 Å². The summed E-state index contributed by atoms with van der Waals surface area (Å²) < 4.78 is 20.4. The molecular formula is C20H27FIN7O. The number of aryl methyl sites for hydroxylation is 1. The Bertz CT molecular complexity index is 1020. The molecule has 0 saturated carbocycles. The first-order chi connectivity index (χ1) is 14.2. The average molecular weight is 527 g/mol. The van der Waals surface area contributed by atoms with E-state index >= 15 is 0 Å². The van der Waals surface area contributed by atoms with Crippen LogP contribution >= 0.6 is 24.0 Å². The molecule has 0 spiro atoms. The van der Waals surface area contributed by atoms with Gasteiger partial charge in [-0.15, -0.1) is 24.0 Å². The van der Waals surface area contributed by atoms with Crippen LogP contribution in [0.2, 0.25) is 0 Å². The van der Waals surface area contributed by atoms with Gasteiger partial charge in [0.25, 0.3) is 0 Å². The lowest BCUT2D eigenvalue weighted by molar-refractivity contribution is 0.177. The van der Waals surface area contributed by atoms with E-state index in [0.717, 1.165) is 66.4 Å². The topological polar surface area (TPSA) is 92.2 Å². The first-order valence-electron chi connectivity index (χ1n) is 9.80. The summed E-state index contributed by atoms with van der Waals surface area (Å²) in [5.74, 6) is 2.27. The van der Waals surface area contributed by atoms with Crippen LogP contribution in [0.15, 0.2) is 29.4 Å². The number of rotatable bonds is 6. The van der Waals surface area contributed by atoms with Crippen molar-refractivity contribution in [2.75, 3.05) is 20.7 Å². The van der Waals surface area contributed by atoms with Crippen LogP contribution in [0.25, 0.3) is 10.9 Å². The van der Waals surface area contributed by atoms with Crippen LogP contribution in [0.5, 0.6) is 0 Å². The summed E-state index contributed by atoms with van der Waals surface area (Å²) in [4.78, 5) is 12.0. The molecule has 10 heteroatoms. The molecule has 3 heterocycles. The average Bonchev–Trinajstić information content (AvgIpc) is 3.30. The van der Waals surface area contributed by atoms with Crippen molar-refractivity contribution >= 4 is 40.8 Å². The molecule has 0 saturated heterocycles. The van der Waals surface area contributed by atoms with Crippen LogP contribution in [0.4, 0.5) is 4.39 Å². The third-order valence-corrected chi connectivity index (χ3v) is 5.16. The van der Waals surface area contributed by atoms with Gasteiger partial charge in [-0.2, -0.15) is 5.10 Å². The zero-order chi connectivity index (χ0) is 20.2. The van der Waals surface area contributed by atoms with E-state index in [1.54, 1.807) is 14.2 Å². The molecular weight excluding hydrogens is 500 g/mol. The number of hydrogen-bond acceptors (Lipinski definition) is 4. The predicted molar refractivity (Wildman–Crippen MR) is 125 cm³/mol. The largest absolute Gasteiger partial charge is 0.377 e. The Labute approximate surface area is 191 Å². The van der Waals surface area contributed by atoms with Crippen molar-refractivity contribution in [3.63, 3.8) is 0 Å². The summed E-state index contributed by atoms with van der Waals surface area (Å²) in [6, 6.07) is 5.07. The van der Waals surface area contributed by atoms with Crippen molar-refractivity contribution in [3.8, 4) is 0 Å². The van der Waals surface area contributed by atoms with E-state index in [-0.39, 0.29) is 35.8 Å². The summed E-state index contributed by atoms with van der Waals surface area (Å²) in [5, 5.41) is 12.4. The molecule has 1 aliphatic rings. The summed E-state index contributed by atoms with van der Waals surface area (Å²) in [6.07, 6.45) is 4.59. The predicted octanol–water partition coefficient (Wildman–Crippen LogP) is 2.39. The number of methoxy groups -OCH3 is 1. The molecule has 3 N–H and O–H groups in total. The monoisotopic (exact) mass is 527 g/mol. The van der Waals surface area contributed by atoms with E-state index in [4.69, 9.17) is 4.74 Å². The van der Waals surface area contributed by atoms with Crippen LogP contribution in [0, 0.1) is 5.82 Å². The first-order valence-corrected chi connectivity index (χ1v) is 9.80. The molecule has 0 bridgehead atoms. The summed E-state index contributed by atoms with van der Waals surface area (Å²) in [7, 11) is 3.42. The number of ether oxygens (including phenoxy) is 1. The highest BCUT2D eigenvalue weighted by Crippen LogP contribution is 2.19. The van der Waals surface area contributed by atoms with Gasteiger partial charge in [-0.05, 0) is 36.6 Å². The molecule has 1 atom stereocenters. The number of aromatic nitrogens is 4. The Hall–Kier alpha value is -2.21. The highest BCUT2D eigenvalue weighted by Gasteiger charge is 2.22. The molecule has 0 radical (unpaired) electrons. The highest BCUT2D eigenvalue weighted by atomic mass is 127. The minimum absolute atomic E-state index is 0. The van der Waals surface area contributed by atoms with E-state index in [1.807, 2.05) is 16.9 Å². The van der Waals surface area contributed by atoms with E-state index in [9.17, 15) is 4.39 Å². The molecule has 1 aliphatic heterocycles. The molecule has 162 valence electrons. The summed E-state index contributed by atoms with van der Waals surface area (Å²) in [5.41, 5.74) is 1.97. The molecule has 0 fully saturated rings. The third kappa shape index (κ3) is 5.09. The van der Waals surface area contributed by atoms with Gasteiger partial charge in [-0.25, -0.2) is 14.1 Å². The van der Waals surface area contributed by atoms with Crippen molar-refractivity contribution in [2.24, 2.45) is 4.99 Å². The molecule has 30 heavy (non-hydrogen) atoms. The number of fused-ring (bicyclic) bond motifs is 2. The Morgan fingerprint density at radius 2 is 2.30 bits per heavy atom. The van der Waals surface area contributed by atoms with Gasteiger partial charge in [0.2, 0.25) is 0 Å². The first kappa shape index (κ1) is 22.5. The van der Waals surface area contributed by atoms with Crippen molar-refractivity contribution in [1.29, 1.82) is 0 Å². The lowest BCUT2D eigenvalue weighted by Gasteiger charge is -2.25. The molecule has 2 aromatic heterocycles. The molecule has 1 unspecified atom stereocenters. The van der Waals surface area contributed by atoms with Gasteiger partial charge in [0, 0.05) is 50.3 Å². The number of aliphatic imine (C=N–C) groups is 1. The second-order valence-corrected chi connectivity index (χ2v) is 7.19. The lowest BCUT2D eigenvalue weighted by Crippen LogP contribution is -2.47. The normalized spacial score (nSPS) is 16.2. The number of aromatic amines is 1. The van der Waals surface area contributed by atoms with E-state index in [1.165, 1.54) is 12.1 Å². The second-order valence-electron chi connectivity index (χ2n) is 7.19. The Morgan fingerprint density at radius 3 is 3.10 bits per heavy atom. The zero-order valence-corrected chi connectivity index (χ0v) is 19.4. The van der Waals surface area contributed by atoms with Crippen molar-refractivity contribution in [1.82, 2.24) is 30.4 Å². The van der Waals surface area contributed by atoms with Crippen molar-refractivity contribution in [3.05, 3.63) is 47.4 Å². The number of benzene rings is 1. The van der Waals surface area contributed by atoms with Crippen LogP contribution in [0.3, 0.4) is 0 Å². The Kier molecular flexibility index (Phi) is 7.64. The number of H-pyrrole nitrogens is 1. The molecule has 0 amide bonds. The van der Waals surface area contributed by atoms with E-state index in [0.29, 0.717) is 6.61 Å². The van der Waals surface area contributed by atoms with Crippen LogP contribution < -0.4 is 10.6 Å². The fourth-order valence-electron chi connectivity index (χ4n) is 3.74. The fourth-order valence-corrected chi connectivity index (χ4v) is 3.74. The molecule has 8 nitrogen and oxygen atoms in total. The minimum atomic E-state index is -0.231. The number of nitrogens with one attached hydrogen (secondary N) is 3. The van der Waals surface area contributed by atoms with Crippen LogP contribution in [0.1, 0.15) is 23.6 Å². The van der Waals surface area contributed by atoms with E-state index < -0.39 is 0 Å². The summed E-state index contributed by atoms with van der Waals surface area (Å²) in [6.45, 7) is 1.91. The maximum Gasteiger partial charge on any atom is 0.191 e. The van der Waals surface area contributed by atoms with Gasteiger partial charge in [0.05, 0.1) is 6.54 Å². The quantitative estimate of drug-likeness (QED) is 0.260. The highest BCUT2D eigenvalue weighted by molar-refractivity contribution is 14.0. The van der Waals surface area contributed by atoms with Gasteiger partial charge in [-0.3, -0.25) is 4.99 Å². The standard InChI is InChI=1S/C20H26FN7O.HI/c1-22-20(23-8-7-13-10-24-17-9-14(21)3-5-16(13)17)25-15-4-6-19-26-18(12-29-2)27-28(19)11-15;/h3,5,9-10,15,24H,4,6-8,11-12H2,1-2H3,(H2,22,23,25);1H. The SMILES string of the molecule is CN=C(NCCc1c[nH]c2cc(F)ccc12)NC1CCc2nc(COC)nn2C1.I. The van der Waals surface area contributed by atoms with E-state index in [2.05, 4.69) is 30.7 Å². The van der Waals surface area contributed by atoms with Gasteiger partial charge >= 0.3 is 0 Å². The van der Waals surface area contributed by atoms with Crippen molar-refractivity contribution in [2.45, 2.75) is 38.5 Å². The van der Waals surface area contributed by atoms with Gasteiger partial charge < -0.3 is 20.4 Å². The van der Waals surface area contributed by atoms with Gasteiger partial charge in [0.15, 0.2) is 11.8 Å². The minimum Gasteiger partial charge on any atom is -0.377 e. The smallest absolute Gasteiger partial charge is 0.191 e. The maximum absolute atomic E-state index is 13.3. The summed E-state index contributed by atoms with van der Waals surface area (Å²) >= 11 is 0. The molecule has 3 aromatic rings. The van der Waals surface area contributed by atoms with Crippen molar-refractivity contribution < 1.29 is 9.13 Å². The Balaban J connectivity index is 0.00000256. The lowest BCUT2D eigenvalue weighted by atomic mass is 10.1. The third-order valence-electron chi connectivity index (χ3n) is 5.16.